The third-order valence-electron chi connectivity index (χ3n) is 5.78. The number of hydrogen-bond donors (Lipinski definition) is 4. The SMILES string of the molecule is CCC(O)CNC(=O)Nc1ccc2nc(-c3ccccc3)c(-c3ccccc3)c(C(=O)NC)c2c1. The van der Waals surface area contributed by atoms with Crippen molar-refractivity contribution in [2.75, 3.05) is 18.9 Å². The first-order valence-corrected chi connectivity index (χ1v) is 11.6. The topological polar surface area (TPSA) is 103 Å². The third kappa shape index (κ3) is 5.31. The molecule has 7 heteroatoms. The number of urea groups is 1. The van der Waals surface area contributed by atoms with Gasteiger partial charge in [0.05, 0.1) is 22.9 Å². The molecule has 0 aliphatic carbocycles. The number of aromatic nitrogens is 1. The zero-order chi connectivity index (χ0) is 24.8. The molecule has 4 aromatic rings. The highest BCUT2D eigenvalue weighted by Gasteiger charge is 2.22. The summed E-state index contributed by atoms with van der Waals surface area (Å²) in [5.74, 6) is -0.249. The fourth-order valence-corrected chi connectivity index (χ4v) is 3.92. The second-order valence-corrected chi connectivity index (χ2v) is 8.15. The molecule has 7 nitrogen and oxygen atoms in total. The number of aliphatic hydroxyl groups excluding tert-OH is 1. The molecular formula is C28H28N4O3. The van der Waals surface area contributed by atoms with Crippen LogP contribution in [0, 0.1) is 0 Å². The Labute approximate surface area is 204 Å². The van der Waals surface area contributed by atoms with E-state index in [9.17, 15) is 14.7 Å². The fourth-order valence-electron chi connectivity index (χ4n) is 3.92. The van der Waals surface area contributed by atoms with Crippen LogP contribution in [-0.4, -0.2) is 41.7 Å². The normalized spacial score (nSPS) is 11.6. The third-order valence-corrected chi connectivity index (χ3v) is 5.78. The minimum Gasteiger partial charge on any atom is -0.391 e. The van der Waals surface area contributed by atoms with Gasteiger partial charge in [-0.05, 0) is 30.2 Å². The minimum absolute atomic E-state index is 0.152. The van der Waals surface area contributed by atoms with Crippen molar-refractivity contribution in [1.82, 2.24) is 15.6 Å². The number of nitrogens with zero attached hydrogens (tertiary/aromatic N) is 1. The maximum atomic E-state index is 13.3. The highest BCUT2D eigenvalue weighted by molar-refractivity contribution is 6.14. The number of benzene rings is 3. The molecular weight excluding hydrogens is 440 g/mol. The molecule has 0 aliphatic rings. The van der Waals surface area contributed by atoms with Gasteiger partial charge in [0.25, 0.3) is 5.91 Å². The average Bonchev–Trinajstić information content (AvgIpc) is 2.91. The minimum atomic E-state index is -0.605. The van der Waals surface area contributed by atoms with Crippen molar-refractivity contribution in [2.24, 2.45) is 0 Å². The number of rotatable bonds is 7. The van der Waals surface area contributed by atoms with Crippen molar-refractivity contribution < 1.29 is 14.7 Å². The Hall–Kier alpha value is -4.23. The van der Waals surface area contributed by atoms with Crippen LogP contribution < -0.4 is 16.0 Å². The molecule has 0 bridgehead atoms. The Morgan fingerprint density at radius 1 is 0.943 bits per heavy atom. The van der Waals surface area contributed by atoms with Crippen molar-refractivity contribution in [2.45, 2.75) is 19.4 Å². The summed E-state index contributed by atoms with van der Waals surface area (Å²) in [5, 5.41) is 18.5. The van der Waals surface area contributed by atoms with Gasteiger partial charge in [0.1, 0.15) is 0 Å². The van der Waals surface area contributed by atoms with Crippen LogP contribution in [0.25, 0.3) is 33.3 Å². The molecule has 178 valence electrons. The number of anilines is 1. The molecule has 0 aliphatic heterocycles. The quantitative estimate of drug-likeness (QED) is 0.312. The summed E-state index contributed by atoms with van der Waals surface area (Å²) < 4.78 is 0. The first kappa shape index (κ1) is 23.9. The van der Waals surface area contributed by atoms with E-state index in [0.717, 1.165) is 16.7 Å². The lowest BCUT2D eigenvalue weighted by atomic mass is 9.91. The summed E-state index contributed by atoms with van der Waals surface area (Å²) in [7, 11) is 1.60. The van der Waals surface area contributed by atoms with E-state index in [0.29, 0.717) is 34.3 Å². The maximum absolute atomic E-state index is 13.3. The van der Waals surface area contributed by atoms with Crippen LogP contribution in [0.1, 0.15) is 23.7 Å². The van der Waals surface area contributed by atoms with Gasteiger partial charge in [-0.2, -0.15) is 0 Å². The molecule has 0 saturated carbocycles. The van der Waals surface area contributed by atoms with Crippen LogP contribution in [0.15, 0.2) is 78.9 Å². The van der Waals surface area contributed by atoms with Gasteiger partial charge in [-0.1, -0.05) is 67.6 Å². The predicted molar refractivity (Wildman–Crippen MR) is 139 cm³/mol. The van der Waals surface area contributed by atoms with Gasteiger partial charge in [0, 0.05) is 35.8 Å². The Morgan fingerprint density at radius 2 is 1.60 bits per heavy atom. The van der Waals surface area contributed by atoms with Crippen LogP contribution >= 0.6 is 0 Å². The lowest BCUT2D eigenvalue weighted by Gasteiger charge is -2.18. The van der Waals surface area contributed by atoms with E-state index in [1.807, 2.05) is 67.6 Å². The lowest BCUT2D eigenvalue weighted by molar-refractivity contribution is 0.0965. The van der Waals surface area contributed by atoms with E-state index in [1.54, 1.807) is 25.2 Å². The largest absolute Gasteiger partial charge is 0.391 e. The van der Waals surface area contributed by atoms with E-state index < -0.39 is 12.1 Å². The Balaban J connectivity index is 1.89. The predicted octanol–water partition coefficient (Wildman–Crippen LogP) is 4.82. The van der Waals surface area contributed by atoms with Crippen molar-refractivity contribution in [3.05, 3.63) is 84.4 Å². The van der Waals surface area contributed by atoms with Crippen molar-refractivity contribution in [3.8, 4) is 22.4 Å². The van der Waals surface area contributed by atoms with Gasteiger partial charge in [0.2, 0.25) is 0 Å². The van der Waals surface area contributed by atoms with Crippen LogP contribution in [-0.2, 0) is 0 Å². The number of pyridine rings is 1. The van der Waals surface area contributed by atoms with E-state index >= 15 is 0 Å². The monoisotopic (exact) mass is 468 g/mol. The number of carbonyl (C=O) groups is 2. The number of aliphatic hydroxyl groups is 1. The standard InChI is InChI=1S/C28H28N4O3/c1-3-21(33)17-30-28(35)31-20-14-15-23-22(16-20)25(27(34)29-2)24(18-10-6-4-7-11-18)26(32-23)19-12-8-5-9-13-19/h4-16,21,33H,3,17H2,1-2H3,(H,29,34)(H2,30,31,35). The molecule has 4 N–H and O–H groups in total. The first-order valence-electron chi connectivity index (χ1n) is 11.6. The molecule has 4 rings (SSSR count). The summed E-state index contributed by atoms with van der Waals surface area (Å²) in [6.07, 6.45) is -0.0603. The Kier molecular flexibility index (Phi) is 7.38. The van der Waals surface area contributed by atoms with Gasteiger partial charge in [0.15, 0.2) is 0 Å². The van der Waals surface area contributed by atoms with Crippen molar-refractivity contribution in [3.63, 3.8) is 0 Å². The molecule has 3 amide bonds. The molecule has 0 radical (unpaired) electrons. The first-order chi connectivity index (χ1) is 17.0. The smallest absolute Gasteiger partial charge is 0.319 e. The van der Waals surface area contributed by atoms with Gasteiger partial charge >= 0.3 is 6.03 Å². The van der Waals surface area contributed by atoms with Gasteiger partial charge in [-0.3, -0.25) is 4.79 Å². The average molecular weight is 469 g/mol. The molecule has 1 atom stereocenters. The zero-order valence-corrected chi connectivity index (χ0v) is 19.7. The summed E-state index contributed by atoms with van der Waals surface area (Å²) in [6, 6.07) is 24.3. The second kappa shape index (κ2) is 10.8. The molecule has 0 saturated heterocycles. The highest BCUT2D eigenvalue weighted by atomic mass is 16.3. The number of amides is 3. The fraction of sp³-hybridized carbons (Fsp3) is 0.179. The molecule has 0 spiro atoms. The number of hydrogen-bond acceptors (Lipinski definition) is 4. The molecule has 1 heterocycles. The molecule has 3 aromatic carbocycles. The van der Waals surface area contributed by atoms with E-state index in [4.69, 9.17) is 4.98 Å². The van der Waals surface area contributed by atoms with E-state index in [2.05, 4.69) is 16.0 Å². The van der Waals surface area contributed by atoms with Crippen LogP contribution in [0.5, 0.6) is 0 Å². The Bertz CT molecular complexity index is 1340. The molecule has 0 fully saturated rings. The van der Waals surface area contributed by atoms with Gasteiger partial charge < -0.3 is 21.1 Å². The van der Waals surface area contributed by atoms with E-state index in [-0.39, 0.29) is 12.5 Å². The Morgan fingerprint density at radius 3 is 2.23 bits per heavy atom. The zero-order valence-electron chi connectivity index (χ0n) is 19.7. The van der Waals surface area contributed by atoms with Crippen LogP contribution in [0.2, 0.25) is 0 Å². The van der Waals surface area contributed by atoms with Crippen LogP contribution in [0.3, 0.4) is 0 Å². The summed E-state index contributed by atoms with van der Waals surface area (Å²) >= 11 is 0. The number of carbonyl (C=O) groups excluding carboxylic acids is 2. The molecule has 35 heavy (non-hydrogen) atoms. The van der Waals surface area contributed by atoms with Gasteiger partial charge in [-0.15, -0.1) is 0 Å². The summed E-state index contributed by atoms with van der Waals surface area (Å²) in [4.78, 5) is 30.6. The molecule has 1 unspecified atom stereocenters. The molecule has 1 aromatic heterocycles. The summed E-state index contributed by atoms with van der Waals surface area (Å²) in [6.45, 7) is 1.99. The maximum Gasteiger partial charge on any atom is 0.319 e. The second-order valence-electron chi connectivity index (χ2n) is 8.15. The summed E-state index contributed by atoms with van der Waals surface area (Å²) in [5.41, 5.74) is 4.81. The number of nitrogens with one attached hydrogen (secondary N) is 3. The van der Waals surface area contributed by atoms with E-state index in [1.165, 1.54) is 0 Å². The van der Waals surface area contributed by atoms with Crippen molar-refractivity contribution >= 4 is 28.5 Å². The van der Waals surface area contributed by atoms with Crippen LogP contribution in [0.4, 0.5) is 10.5 Å². The van der Waals surface area contributed by atoms with Crippen molar-refractivity contribution in [1.29, 1.82) is 0 Å². The number of fused-ring (bicyclic) bond motifs is 1. The van der Waals surface area contributed by atoms with Gasteiger partial charge in [-0.25, -0.2) is 9.78 Å². The highest BCUT2D eigenvalue weighted by Crippen LogP contribution is 2.38. The lowest BCUT2D eigenvalue weighted by Crippen LogP contribution is -2.35.